The largest absolute Gasteiger partial charge is 0.496 e. The van der Waals surface area contributed by atoms with Gasteiger partial charge in [0.2, 0.25) is 0 Å². The van der Waals surface area contributed by atoms with Crippen LogP contribution in [-0.2, 0) is 0 Å². The van der Waals surface area contributed by atoms with Gasteiger partial charge >= 0.3 is 0 Å². The van der Waals surface area contributed by atoms with Crippen molar-refractivity contribution in [1.29, 1.82) is 5.26 Å². The fraction of sp³-hybridized carbons (Fsp3) is 0.462. The van der Waals surface area contributed by atoms with Gasteiger partial charge in [-0.05, 0) is 39.9 Å². The van der Waals surface area contributed by atoms with E-state index < -0.39 is 0 Å². The summed E-state index contributed by atoms with van der Waals surface area (Å²) < 4.78 is 11.5. The second-order valence-electron chi connectivity index (χ2n) is 3.83. The quantitative estimate of drug-likeness (QED) is 0.828. The second-order valence-corrected chi connectivity index (χ2v) is 4.68. The molecule has 0 radical (unpaired) electrons. The minimum atomic E-state index is 0.284. The molecule has 0 aromatic heterocycles. The fourth-order valence-corrected chi connectivity index (χ4v) is 2.23. The van der Waals surface area contributed by atoms with Crippen molar-refractivity contribution in [3.05, 3.63) is 22.2 Å². The predicted octanol–water partition coefficient (Wildman–Crippen LogP) is 3.87. The van der Waals surface area contributed by atoms with Crippen LogP contribution in [0, 0.1) is 11.3 Å². The van der Waals surface area contributed by atoms with Gasteiger partial charge in [-0.1, -0.05) is 6.92 Å². The van der Waals surface area contributed by atoms with Gasteiger partial charge in [-0.15, -0.1) is 0 Å². The standard InChI is InChI=1S/C13H16BrNO2/c1-9(5-4-6-15)10-7-11(14)13(17-3)8-12(10)16-2/h7-9H,4-5H2,1-3H3. The summed E-state index contributed by atoms with van der Waals surface area (Å²) in [5, 5.41) is 8.61. The molecule has 3 nitrogen and oxygen atoms in total. The molecule has 1 rings (SSSR count). The second kappa shape index (κ2) is 6.51. The van der Waals surface area contributed by atoms with Crippen LogP contribution in [0.5, 0.6) is 11.5 Å². The maximum atomic E-state index is 8.61. The van der Waals surface area contributed by atoms with Crippen molar-refractivity contribution in [2.75, 3.05) is 14.2 Å². The van der Waals surface area contributed by atoms with Gasteiger partial charge < -0.3 is 9.47 Å². The Kier molecular flexibility index (Phi) is 5.30. The third-order valence-electron chi connectivity index (χ3n) is 2.72. The summed E-state index contributed by atoms with van der Waals surface area (Å²) in [5.74, 6) is 1.83. The number of hydrogen-bond donors (Lipinski definition) is 0. The number of rotatable bonds is 5. The van der Waals surface area contributed by atoms with Crippen molar-refractivity contribution in [3.63, 3.8) is 0 Å². The topological polar surface area (TPSA) is 42.2 Å². The summed E-state index contributed by atoms with van der Waals surface area (Å²) in [6.07, 6.45) is 1.37. The lowest BCUT2D eigenvalue weighted by Crippen LogP contribution is -1.99. The predicted molar refractivity (Wildman–Crippen MR) is 70.5 cm³/mol. The molecule has 0 fully saturated rings. The molecule has 92 valence electrons. The highest BCUT2D eigenvalue weighted by Crippen LogP contribution is 2.37. The minimum Gasteiger partial charge on any atom is -0.496 e. The van der Waals surface area contributed by atoms with Crippen LogP contribution in [0.25, 0.3) is 0 Å². The van der Waals surface area contributed by atoms with Gasteiger partial charge in [0, 0.05) is 12.5 Å². The highest BCUT2D eigenvalue weighted by atomic mass is 79.9. The highest BCUT2D eigenvalue weighted by Gasteiger charge is 2.14. The van der Waals surface area contributed by atoms with Gasteiger partial charge in [0.25, 0.3) is 0 Å². The van der Waals surface area contributed by atoms with E-state index >= 15 is 0 Å². The molecule has 1 aromatic carbocycles. The van der Waals surface area contributed by atoms with Crippen molar-refractivity contribution in [2.24, 2.45) is 0 Å². The Morgan fingerprint density at radius 1 is 1.29 bits per heavy atom. The molecule has 0 amide bonds. The lowest BCUT2D eigenvalue weighted by atomic mass is 9.95. The Labute approximate surface area is 110 Å². The lowest BCUT2D eigenvalue weighted by Gasteiger charge is -2.16. The van der Waals surface area contributed by atoms with Gasteiger partial charge in [-0.3, -0.25) is 0 Å². The van der Waals surface area contributed by atoms with Gasteiger partial charge in [0.05, 0.1) is 24.8 Å². The summed E-state index contributed by atoms with van der Waals surface area (Å²) in [6, 6.07) is 6.03. The average molecular weight is 298 g/mol. The molecule has 0 aliphatic rings. The van der Waals surface area contributed by atoms with Crippen LogP contribution in [0.1, 0.15) is 31.2 Å². The summed E-state index contributed by atoms with van der Waals surface area (Å²) in [7, 11) is 3.27. The van der Waals surface area contributed by atoms with E-state index in [-0.39, 0.29) is 5.92 Å². The molecule has 0 aliphatic carbocycles. The number of methoxy groups -OCH3 is 2. The molecule has 0 bridgehead atoms. The van der Waals surface area contributed by atoms with Crippen LogP contribution in [0.4, 0.5) is 0 Å². The van der Waals surface area contributed by atoms with Crippen molar-refractivity contribution in [1.82, 2.24) is 0 Å². The molecule has 1 atom stereocenters. The molecule has 17 heavy (non-hydrogen) atoms. The van der Waals surface area contributed by atoms with Gasteiger partial charge in [-0.25, -0.2) is 0 Å². The Morgan fingerprint density at radius 3 is 2.47 bits per heavy atom. The molecule has 0 N–H and O–H groups in total. The normalized spacial score (nSPS) is 11.7. The number of halogens is 1. The zero-order chi connectivity index (χ0) is 12.8. The molecule has 0 spiro atoms. The molecule has 1 unspecified atom stereocenters. The molecule has 4 heteroatoms. The van der Waals surface area contributed by atoms with Crippen molar-refractivity contribution >= 4 is 15.9 Å². The molecule has 0 aliphatic heterocycles. The molecular weight excluding hydrogens is 282 g/mol. The van der Waals surface area contributed by atoms with E-state index in [1.54, 1.807) is 14.2 Å². The molecule has 1 aromatic rings. The molecule has 0 saturated carbocycles. The fourth-order valence-electron chi connectivity index (χ4n) is 1.70. The van der Waals surface area contributed by atoms with E-state index in [9.17, 15) is 0 Å². The molecular formula is C13H16BrNO2. The van der Waals surface area contributed by atoms with Crippen LogP contribution in [0.3, 0.4) is 0 Å². The lowest BCUT2D eigenvalue weighted by molar-refractivity contribution is 0.387. The maximum Gasteiger partial charge on any atom is 0.136 e. The van der Waals surface area contributed by atoms with Crippen molar-refractivity contribution in [3.8, 4) is 17.6 Å². The first kappa shape index (κ1) is 13.9. The first-order valence-electron chi connectivity index (χ1n) is 5.42. The minimum absolute atomic E-state index is 0.284. The van der Waals surface area contributed by atoms with E-state index in [2.05, 4.69) is 28.9 Å². The molecule has 0 saturated heterocycles. The van der Waals surface area contributed by atoms with Gasteiger partial charge in [0.1, 0.15) is 11.5 Å². The summed E-state index contributed by atoms with van der Waals surface area (Å²) >= 11 is 3.46. The first-order chi connectivity index (χ1) is 8.13. The van der Waals surface area contributed by atoms with E-state index in [0.29, 0.717) is 6.42 Å². The Balaban J connectivity index is 3.06. The van der Waals surface area contributed by atoms with Crippen molar-refractivity contribution < 1.29 is 9.47 Å². The van der Waals surface area contributed by atoms with Crippen LogP contribution in [0.2, 0.25) is 0 Å². The number of ether oxygens (including phenoxy) is 2. The van der Waals surface area contributed by atoms with Crippen LogP contribution >= 0.6 is 15.9 Å². The van der Waals surface area contributed by atoms with Crippen LogP contribution in [0.15, 0.2) is 16.6 Å². The molecule has 0 heterocycles. The van der Waals surface area contributed by atoms with E-state index in [1.807, 2.05) is 12.1 Å². The Bertz CT molecular complexity index is 426. The summed E-state index contributed by atoms with van der Waals surface area (Å²) in [6.45, 7) is 2.09. The smallest absolute Gasteiger partial charge is 0.136 e. The summed E-state index contributed by atoms with van der Waals surface area (Å²) in [4.78, 5) is 0. The Hall–Kier alpha value is -1.21. The Morgan fingerprint density at radius 2 is 1.94 bits per heavy atom. The SMILES string of the molecule is COc1cc(OC)c(C(C)CCC#N)cc1Br. The van der Waals surface area contributed by atoms with E-state index in [1.165, 1.54) is 0 Å². The monoisotopic (exact) mass is 297 g/mol. The van der Waals surface area contributed by atoms with Crippen LogP contribution in [-0.4, -0.2) is 14.2 Å². The zero-order valence-corrected chi connectivity index (χ0v) is 11.9. The first-order valence-corrected chi connectivity index (χ1v) is 6.21. The van der Waals surface area contributed by atoms with E-state index in [4.69, 9.17) is 14.7 Å². The zero-order valence-electron chi connectivity index (χ0n) is 10.3. The average Bonchev–Trinajstić information content (AvgIpc) is 2.35. The summed E-state index contributed by atoms with van der Waals surface area (Å²) in [5.41, 5.74) is 1.09. The van der Waals surface area contributed by atoms with Gasteiger partial charge in [-0.2, -0.15) is 5.26 Å². The van der Waals surface area contributed by atoms with E-state index in [0.717, 1.165) is 28.0 Å². The third kappa shape index (κ3) is 3.37. The third-order valence-corrected chi connectivity index (χ3v) is 3.34. The number of hydrogen-bond acceptors (Lipinski definition) is 3. The number of nitrogens with zero attached hydrogens (tertiary/aromatic N) is 1. The number of nitriles is 1. The van der Waals surface area contributed by atoms with Gasteiger partial charge in [0.15, 0.2) is 0 Å². The number of benzene rings is 1. The van der Waals surface area contributed by atoms with Crippen LogP contribution < -0.4 is 9.47 Å². The highest BCUT2D eigenvalue weighted by molar-refractivity contribution is 9.10. The maximum absolute atomic E-state index is 8.61. The van der Waals surface area contributed by atoms with Crippen molar-refractivity contribution in [2.45, 2.75) is 25.7 Å².